The topological polar surface area (TPSA) is 46.2 Å². The third kappa shape index (κ3) is 3.61. The van der Waals surface area contributed by atoms with Crippen LogP contribution in [0.25, 0.3) is 0 Å². The number of benzene rings is 1. The Bertz CT molecular complexity index is 541. The molecule has 0 unspecified atom stereocenters. The van der Waals surface area contributed by atoms with Crippen molar-refractivity contribution in [2.45, 2.75) is 25.3 Å². The average molecular weight is 346 g/mol. The van der Waals surface area contributed by atoms with E-state index in [0.717, 1.165) is 18.2 Å². The van der Waals surface area contributed by atoms with Crippen molar-refractivity contribution < 1.29 is 21.6 Å². The number of hydrogen-bond donors (Lipinski definition) is 1. The molecule has 1 N–H and O–H groups in total. The van der Waals surface area contributed by atoms with Crippen LogP contribution in [0.1, 0.15) is 19.4 Å². The number of sulfonamides is 1. The number of halogens is 4. The first-order valence-electron chi connectivity index (χ1n) is 4.92. The summed E-state index contributed by atoms with van der Waals surface area (Å²) in [5, 5.41) is -0.674. The van der Waals surface area contributed by atoms with Gasteiger partial charge in [-0.15, -0.1) is 0 Å². The highest BCUT2D eigenvalue weighted by Crippen LogP contribution is 2.34. The van der Waals surface area contributed by atoms with E-state index in [-0.39, 0.29) is 10.2 Å². The second-order valence-corrected chi connectivity index (χ2v) is 6.98. The molecule has 1 aromatic rings. The fraction of sp³-hybridized carbons (Fsp3) is 0.400. The van der Waals surface area contributed by atoms with E-state index < -0.39 is 27.0 Å². The Labute approximate surface area is 112 Å². The molecule has 3 nitrogen and oxygen atoms in total. The molecule has 1 aromatic carbocycles. The minimum absolute atomic E-state index is 0.0431. The lowest BCUT2D eigenvalue weighted by Crippen LogP contribution is -2.22. The fourth-order valence-electron chi connectivity index (χ4n) is 1.05. The molecule has 0 aliphatic rings. The molecule has 0 spiro atoms. The van der Waals surface area contributed by atoms with E-state index in [4.69, 9.17) is 0 Å². The molecular formula is C10H11BrF3NO2S. The molecule has 0 fully saturated rings. The Balaban J connectivity index is 3.09. The van der Waals surface area contributed by atoms with Crippen LogP contribution in [0.2, 0.25) is 0 Å². The van der Waals surface area contributed by atoms with Crippen molar-refractivity contribution in [2.75, 3.05) is 4.72 Å². The molecule has 0 amide bonds. The standard InChI is InChI=1S/C10H11BrF3NO2S/c1-6(2)18(16,17)15-9-4-3-7(5-8(9)11)10(12,13)14/h3-6,15H,1-2H3. The van der Waals surface area contributed by atoms with Crippen LogP contribution in [0.15, 0.2) is 22.7 Å². The molecule has 0 aromatic heterocycles. The van der Waals surface area contributed by atoms with Crippen molar-refractivity contribution in [3.8, 4) is 0 Å². The number of hydrogen-bond acceptors (Lipinski definition) is 2. The first-order valence-corrected chi connectivity index (χ1v) is 7.26. The van der Waals surface area contributed by atoms with Gasteiger partial charge in [-0.3, -0.25) is 4.72 Å². The van der Waals surface area contributed by atoms with Gasteiger partial charge in [0.15, 0.2) is 0 Å². The zero-order valence-corrected chi connectivity index (χ0v) is 11.9. The van der Waals surface area contributed by atoms with Gasteiger partial charge in [-0.2, -0.15) is 13.2 Å². The second kappa shape index (κ2) is 5.08. The van der Waals surface area contributed by atoms with E-state index >= 15 is 0 Å². The molecule has 0 aliphatic carbocycles. The highest BCUT2D eigenvalue weighted by atomic mass is 79.9. The van der Waals surface area contributed by atoms with Crippen LogP contribution < -0.4 is 4.72 Å². The van der Waals surface area contributed by atoms with E-state index in [1.54, 1.807) is 0 Å². The lowest BCUT2D eigenvalue weighted by Gasteiger charge is -2.14. The summed E-state index contributed by atoms with van der Waals surface area (Å²) in [7, 11) is -3.58. The molecule has 0 heterocycles. The van der Waals surface area contributed by atoms with Gasteiger partial charge >= 0.3 is 6.18 Å². The molecule has 0 radical (unpaired) electrons. The maximum absolute atomic E-state index is 12.4. The van der Waals surface area contributed by atoms with Crippen LogP contribution in [0.3, 0.4) is 0 Å². The first-order chi connectivity index (χ1) is 8.04. The molecular weight excluding hydrogens is 335 g/mol. The molecule has 0 bridgehead atoms. The van der Waals surface area contributed by atoms with Gasteiger partial charge in [-0.1, -0.05) is 0 Å². The number of nitrogens with one attached hydrogen (secondary N) is 1. The molecule has 0 saturated heterocycles. The van der Waals surface area contributed by atoms with Crippen LogP contribution in [0, 0.1) is 0 Å². The van der Waals surface area contributed by atoms with Gasteiger partial charge in [-0.05, 0) is 48.0 Å². The minimum atomic E-state index is -4.46. The molecule has 1 rings (SSSR count). The Morgan fingerprint density at radius 2 is 1.83 bits per heavy atom. The Morgan fingerprint density at radius 1 is 1.28 bits per heavy atom. The predicted octanol–water partition coefficient (Wildman–Crippen LogP) is 3.62. The third-order valence-corrected chi connectivity index (χ3v) is 4.57. The van der Waals surface area contributed by atoms with Crippen molar-refractivity contribution in [2.24, 2.45) is 0 Å². The van der Waals surface area contributed by atoms with E-state index in [1.165, 1.54) is 13.8 Å². The van der Waals surface area contributed by atoms with E-state index in [2.05, 4.69) is 20.7 Å². The number of anilines is 1. The number of rotatable bonds is 3. The van der Waals surface area contributed by atoms with E-state index in [0.29, 0.717) is 0 Å². The van der Waals surface area contributed by atoms with Gasteiger partial charge in [0.05, 0.1) is 16.5 Å². The maximum atomic E-state index is 12.4. The van der Waals surface area contributed by atoms with Gasteiger partial charge in [0.1, 0.15) is 0 Å². The summed E-state index contributed by atoms with van der Waals surface area (Å²) in [4.78, 5) is 0. The van der Waals surface area contributed by atoms with Crippen molar-refractivity contribution in [3.05, 3.63) is 28.2 Å². The van der Waals surface area contributed by atoms with Crippen molar-refractivity contribution >= 4 is 31.6 Å². The zero-order chi connectivity index (χ0) is 14.1. The Hall–Kier alpha value is -0.760. The van der Waals surface area contributed by atoms with Crippen molar-refractivity contribution in [1.82, 2.24) is 0 Å². The molecule has 18 heavy (non-hydrogen) atoms. The Morgan fingerprint density at radius 3 is 2.22 bits per heavy atom. The van der Waals surface area contributed by atoms with Crippen LogP contribution in [0.4, 0.5) is 18.9 Å². The highest BCUT2D eigenvalue weighted by molar-refractivity contribution is 9.10. The minimum Gasteiger partial charge on any atom is -0.282 e. The van der Waals surface area contributed by atoms with Crippen LogP contribution >= 0.6 is 15.9 Å². The highest BCUT2D eigenvalue weighted by Gasteiger charge is 2.31. The maximum Gasteiger partial charge on any atom is 0.416 e. The SMILES string of the molecule is CC(C)S(=O)(=O)Nc1ccc(C(F)(F)F)cc1Br. The lowest BCUT2D eigenvalue weighted by molar-refractivity contribution is -0.137. The van der Waals surface area contributed by atoms with Gasteiger partial charge in [0, 0.05) is 4.47 Å². The molecule has 102 valence electrons. The first kappa shape index (κ1) is 15.3. The molecule has 0 saturated carbocycles. The van der Waals surface area contributed by atoms with Crippen molar-refractivity contribution in [1.29, 1.82) is 0 Å². The summed E-state index contributed by atoms with van der Waals surface area (Å²) in [6, 6.07) is 2.73. The largest absolute Gasteiger partial charge is 0.416 e. The molecule has 0 aliphatic heterocycles. The van der Waals surface area contributed by atoms with E-state index in [1.807, 2.05) is 0 Å². The number of alkyl halides is 3. The molecule has 0 atom stereocenters. The van der Waals surface area contributed by atoms with E-state index in [9.17, 15) is 21.6 Å². The third-order valence-electron chi connectivity index (χ3n) is 2.17. The van der Waals surface area contributed by atoms with Gasteiger partial charge in [0.2, 0.25) is 10.0 Å². The summed E-state index contributed by atoms with van der Waals surface area (Å²) >= 11 is 2.91. The van der Waals surface area contributed by atoms with Crippen LogP contribution in [-0.2, 0) is 16.2 Å². The summed E-state index contributed by atoms with van der Waals surface area (Å²) in [5.41, 5.74) is -0.765. The summed E-state index contributed by atoms with van der Waals surface area (Å²) < 4.78 is 62.6. The monoisotopic (exact) mass is 345 g/mol. The lowest BCUT2D eigenvalue weighted by atomic mass is 10.2. The van der Waals surface area contributed by atoms with Gasteiger partial charge < -0.3 is 0 Å². The Kier molecular flexibility index (Phi) is 4.32. The summed E-state index contributed by atoms with van der Waals surface area (Å²) in [6.07, 6.45) is -4.46. The van der Waals surface area contributed by atoms with Crippen LogP contribution in [0.5, 0.6) is 0 Å². The van der Waals surface area contributed by atoms with Crippen molar-refractivity contribution in [3.63, 3.8) is 0 Å². The average Bonchev–Trinajstić information content (AvgIpc) is 2.19. The quantitative estimate of drug-likeness (QED) is 0.909. The van der Waals surface area contributed by atoms with Crippen LogP contribution in [-0.4, -0.2) is 13.7 Å². The zero-order valence-electron chi connectivity index (χ0n) is 9.55. The summed E-state index contributed by atoms with van der Waals surface area (Å²) in [6.45, 7) is 2.95. The normalized spacial score (nSPS) is 12.8. The summed E-state index contributed by atoms with van der Waals surface area (Å²) in [5.74, 6) is 0. The van der Waals surface area contributed by atoms with Gasteiger partial charge in [-0.25, -0.2) is 8.42 Å². The fourth-order valence-corrected chi connectivity index (χ4v) is 2.37. The molecule has 8 heteroatoms. The van der Waals surface area contributed by atoms with Gasteiger partial charge in [0.25, 0.3) is 0 Å². The predicted molar refractivity (Wildman–Crippen MR) is 66.8 cm³/mol. The second-order valence-electron chi connectivity index (χ2n) is 3.89. The smallest absolute Gasteiger partial charge is 0.282 e.